The van der Waals surface area contributed by atoms with E-state index in [9.17, 15) is 17.6 Å². The molecule has 0 unspecified atom stereocenters. The lowest BCUT2D eigenvalue weighted by atomic mass is 10.2. The highest BCUT2D eigenvalue weighted by Crippen LogP contribution is 2.09. The molecule has 2 N–H and O–H groups in total. The van der Waals surface area contributed by atoms with Crippen LogP contribution in [0.4, 0.5) is 4.39 Å². The van der Waals surface area contributed by atoms with Crippen LogP contribution in [0.3, 0.4) is 0 Å². The summed E-state index contributed by atoms with van der Waals surface area (Å²) in [4.78, 5) is 11.8. The fourth-order valence-corrected chi connectivity index (χ4v) is 3.04. The van der Waals surface area contributed by atoms with Gasteiger partial charge in [0.15, 0.2) is 0 Å². The molecule has 0 aromatic heterocycles. The Morgan fingerprint density at radius 3 is 2.52 bits per heavy atom. The molecule has 0 fully saturated rings. The van der Waals surface area contributed by atoms with Crippen LogP contribution in [-0.4, -0.2) is 27.4 Å². The minimum absolute atomic E-state index is 0.0652. The van der Waals surface area contributed by atoms with Gasteiger partial charge in [-0.15, -0.1) is 0 Å². The number of carbonyl (C=O) groups is 1. The van der Waals surface area contributed by atoms with Crippen molar-refractivity contribution < 1.29 is 17.6 Å². The Kier molecular flexibility index (Phi) is 6.44. The van der Waals surface area contributed by atoms with E-state index in [4.69, 9.17) is 0 Å². The largest absolute Gasteiger partial charge is 0.351 e. The van der Waals surface area contributed by atoms with Crippen LogP contribution in [-0.2, 0) is 14.8 Å². The average molecular weight is 362 g/mol. The van der Waals surface area contributed by atoms with E-state index in [1.807, 2.05) is 6.92 Å². The van der Waals surface area contributed by atoms with E-state index in [-0.39, 0.29) is 23.8 Å². The van der Waals surface area contributed by atoms with E-state index in [1.165, 1.54) is 36.4 Å². The number of carbonyl (C=O) groups excluding carboxylic acids is 1. The normalized spacial score (nSPS) is 11.6. The van der Waals surface area contributed by atoms with Gasteiger partial charge in [0, 0.05) is 19.2 Å². The number of sulfonamides is 1. The summed E-state index contributed by atoms with van der Waals surface area (Å²) in [5.74, 6) is -0.771. The predicted molar refractivity (Wildman–Crippen MR) is 94.8 cm³/mol. The number of hydrogen-bond acceptors (Lipinski definition) is 3. The molecule has 0 atom stereocenters. The Morgan fingerprint density at radius 1 is 1.12 bits per heavy atom. The third-order valence-corrected chi connectivity index (χ3v) is 4.80. The molecule has 0 aliphatic carbocycles. The minimum atomic E-state index is -3.60. The van der Waals surface area contributed by atoms with Crippen molar-refractivity contribution in [3.05, 3.63) is 71.6 Å². The topological polar surface area (TPSA) is 75.3 Å². The molecule has 2 rings (SSSR count). The van der Waals surface area contributed by atoms with Crippen molar-refractivity contribution in [2.24, 2.45) is 0 Å². The van der Waals surface area contributed by atoms with E-state index in [1.54, 1.807) is 24.3 Å². The first-order chi connectivity index (χ1) is 11.9. The van der Waals surface area contributed by atoms with Crippen LogP contribution in [0.2, 0.25) is 0 Å². The van der Waals surface area contributed by atoms with Crippen molar-refractivity contribution in [3.8, 4) is 0 Å². The maximum atomic E-state index is 13.0. The van der Waals surface area contributed by atoms with Gasteiger partial charge in [-0.05, 0) is 42.8 Å². The van der Waals surface area contributed by atoms with Gasteiger partial charge >= 0.3 is 0 Å². The summed E-state index contributed by atoms with van der Waals surface area (Å²) in [7, 11) is -3.60. The van der Waals surface area contributed by atoms with Crippen molar-refractivity contribution in [2.45, 2.75) is 11.8 Å². The zero-order valence-electron chi connectivity index (χ0n) is 13.7. The fourth-order valence-electron chi connectivity index (χ4n) is 2.01. The molecule has 0 saturated carbocycles. The second-order valence-electron chi connectivity index (χ2n) is 5.39. The van der Waals surface area contributed by atoms with Crippen LogP contribution < -0.4 is 10.0 Å². The van der Waals surface area contributed by atoms with Crippen LogP contribution in [0, 0.1) is 12.7 Å². The van der Waals surface area contributed by atoms with Crippen molar-refractivity contribution in [1.29, 1.82) is 0 Å². The molecule has 0 radical (unpaired) electrons. The average Bonchev–Trinajstić information content (AvgIpc) is 2.57. The second kappa shape index (κ2) is 8.55. The Hall–Kier alpha value is -2.51. The highest BCUT2D eigenvalue weighted by Gasteiger charge is 2.12. The molecular weight excluding hydrogens is 343 g/mol. The summed E-state index contributed by atoms with van der Waals surface area (Å²) in [6.07, 6.45) is 2.75. The van der Waals surface area contributed by atoms with Gasteiger partial charge in [0.05, 0.1) is 4.90 Å². The number of nitrogens with one attached hydrogen (secondary N) is 2. The van der Waals surface area contributed by atoms with Crippen molar-refractivity contribution in [2.75, 3.05) is 13.1 Å². The number of rotatable bonds is 7. The SMILES string of the molecule is Cc1ccc(S(=O)(=O)NCCNC(=O)/C=C/c2cccc(F)c2)cc1. The molecule has 132 valence electrons. The zero-order valence-corrected chi connectivity index (χ0v) is 14.5. The highest BCUT2D eigenvalue weighted by molar-refractivity contribution is 7.89. The monoisotopic (exact) mass is 362 g/mol. The second-order valence-corrected chi connectivity index (χ2v) is 7.16. The van der Waals surface area contributed by atoms with Crippen LogP contribution in [0.25, 0.3) is 6.08 Å². The third kappa shape index (κ3) is 6.13. The maximum absolute atomic E-state index is 13.0. The highest BCUT2D eigenvalue weighted by atomic mass is 32.2. The lowest BCUT2D eigenvalue weighted by Gasteiger charge is -2.07. The Morgan fingerprint density at radius 2 is 1.84 bits per heavy atom. The number of amides is 1. The first kappa shape index (κ1) is 18.8. The molecule has 2 aromatic carbocycles. The van der Waals surface area contributed by atoms with Gasteiger partial charge in [0.25, 0.3) is 0 Å². The summed E-state index contributed by atoms with van der Waals surface area (Å²) in [6, 6.07) is 12.3. The van der Waals surface area contributed by atoms with Gasteiger partial charge in [-0.3, -0.25) is 4.79 Å². The third-order valence-electron chi connectivity index (χ3n) is 3.32. The van der Waals surface area contributed by atoms with Crippen LogP contribution in [0.5, 0.6) is 0 Å². The van der Waals surface area contributed by atoms with Crippen LogP contribution in [0.15, 0.2) is 59.5 Å². The maximum Gasteiger partial charge on any atom is 0.244 e. The van der Waals surface area contributed by atoms with Crippen LogP contribution >= 0.6 is 0 Å². The molecule has 0 bridgehead atoms. The quantitative estimate of drug-likeness (QED) is 0.586. The molecule has 1 amide bonds. The summed E-state index contributed by atoms with van der Waals surface area (Å²) in [5.41, 5.74) is 1.53. The molecule has 0 aliphatic heterocycles. The molecule has 7 heteroatoms. The van der Waals surface area contributed by atoms with Crippen LogP contribution in [0.1, 0.15) is 11.1 Å². The standard InChI is InChI=1S/C18H19FN2O3S/c1-14-5-8-17(9-6-14)25(23,24)21-12-11-20-18(22)10-7-15-3-2-4-16(19)13-15/h2-10,13,21H,11-12H2,1H3,(H,20,22)/b10-7+. The van der Waals surface area contributed by atoms with Gasteiger partial charge in [0.2, 0.25) is 15.9 Å². The Bertz CT molecular complexity index is 862. The van der Waals surface area contributed by atoms with E-state index < -0.39 is 15.9 Å². The molecule has 0 saturated heterocycles. The van der Waals surface area contributed by atoms with E-state index >= 15 is 0 Å². The molecular formula is C18H19FN2O3S. The smallest absolute Gasteiger partial charge is 0.244 e. The van der Waals surface area contributed by atoms with Gasteiger partial charge in [-0.2, -0.15) is 0 Å². The zero-order chi connectivity index (χ0) is 18.3. The van der Waals surface area contributed by atoms with Gasteiger partial charge in [-0.1, -0.05) is 29.8 Å². The van der Waals surface area contributed by atoms with Crippen molar-refractivity contribution in [1.82, 2.24) is 10.0 Å². The molecule has 2 aromatic rings. The summed E-state index contributed by atoms with van der Waals surface area (Å²) in [6.45, 7) is 2.07. The van der Waals surface area contributed by atoms with Gasteiger partial charge in [0.1, 0.15) is 5.82 Å². The van der Waals surface area contributed by atoms with E-state index in [0.29, 0.717) is 5.56 Å². The van der Waals surface area contributed by atoms with E-state index in [2.05, 4.69) is 10.0 Å². The number of benzene rings is 2. The predicted octanol–water partition coefficient (Wildman–Crippen LogP) is 2.24. The molecule has 0 aliphatic rings. The van der Waals surface area contributed by atoms with Crippen molar-refractivity contribution >= 4 is 22.0 Å². The summed E-state index contributed by atoms with van der Waals surface area (Å²) >= 11 is 0. The van der Waals surface area contributed by atoms with Gasteiger partial charge in [-0.25, -0.2) is 17.5 Å². The number of halogens is 1. The fraction of sp³-hybridized carbons (Fsp3) is 0.167. The van der Waals surface area contributed by atoms with E-state index in [0.717, 1.165) is 5.56 Å². The first-order valence-corrected chi connectivity index (χ1v) is 9.13. The molecule has 0 spiro atoms. The summed E-state index contributed by atoms with van der Waals surface area (Å²) < 4.78 is 39.5. The van der Waals surface area contributed by atoms with Gasteiger partial charge < -0.3 is 5.32 Å². The lowest BCUT2D eigenvalue weighted by molar-refractivity contribution is -0.116. The molecule has 0 heterocycles. The minimum Gasteiger partial charge on any atom is -0.351 e. The van der Waals surface area contributed by atoms with Crippen molar-refractivity contribution in [3.63, 3.8) is 0 Å². The first-order valence-electron chi connectivity index (χ1n) is 7.65. The summed E-state index contributed by atoms with van der Waals surface area (Å²) in [5, 5.41) is 2.55. The molecule has 25 heavy (non-hydrogen) atoms. The number of aryl methyl sites for hydroxylation is 1. The number of hydrogen-bond donors (Lipinski definition) is 2. The Balaban J connectivity index is 1.78. The lowest BCUT2D eigenvalue weighted by Crippen LogP contribution is -2.34. The Labute approximate surface area is 146 Å². The molecule has 5 nitrogen and oxygen atoms in total.